The largest absolute Gasteiger partial charge is 0.465 e. The van der Waals surface area contributed by atoms with Gasteiger partial charge in [-0.25, -0.2) is 9.59 Å². The van der Waals surface area contributed by atoms with Gasteiger partial charge in [0.05, 0.1) is 14.2 Å². The van der Waals surface area contributed by atoms with E-state index in [9.17, 15) is 9.59 Å². The van der Waals surface area contributed by atoms with Gasteiger partial charge in [-0.05, 0) is 7.05 Å². The van der Waals surface area contributed by atoms with Crippen LogP contribution < -0.4 is 22.1 Å². The van der Waals surface area contributed by atoms with Gasteiger partial charge in [0.1, 0.15) is 6.21 Å². The van der Waals surface area contributed by atoms with E-state index in [-0.39, 0.29) is 5.17 Å². The van der Waals surface area contributed by atoms with Crippen molar-refractivity contribution in [2.75, 3.05) is 41.7 Å². The molecule has 132 valence electrons. The maximum absolute atomic E-state index is 10.4. The molecule has 0 atom stereocenters. The van der Waals surface area contributed by atoms with Crippen LogP contribution in [0.3, 0.4) is 0 Å². The predicted octanol–water partition coefficient (Wildman–Crippen LogP) is -0.770. The van der Waals surface area contributed by atoms with E-state index in [1.165, 1.54) is 27.7 Å². The molecule has 0 aliphatic carbocycles. The summed E-state index contributed by atoms with van der Waals surface area (Å²) in [4.78, 5) is 20.5. The molecule has 0 bridgehead atoms. The first-order valence-corrected chi connectivity index (χ1v) is 6.59. The highest BCUT2D eigenvalue weighted by Gasteiger charge is 2.05. The van der Waals surface area contributed by atoms with E-state index in [4.69, 9.17) is 11.6 Å². The van der Waals surface area contributed by atoms with Crippen molar-refractivity contribution >= 4 is 46.5 Å². The van der Waals surface area contributed by atoms with Crippen LogP contribution in [-0.2, 0) is 19.1 Å². The molecular weight excluding hydrogens is 339 g/mol. The number of hydrazone groups is 2. The summed E-state index contributed by atoms with van der Waals surface area (Å²) >= 11 is 9.88. The van der Waals surface area contributed by atoms with Gasteiger partial charge in [-0.2, -0.15) is 10.2 Å². The minimum absolute atomic E-state index is 0.208. The number of ether oxygens (including phenoxy) is 2. The van der Waals surface area contributed by atoms with Gasteiger partial charge in [-0.1, -0.05) is 11.6 Å². The monoisotopic (exact) mass is 362 g/mol. The van der Waals surface area contributed by atoms with Crippen LogP contribution >= 0.6 is 23.2 Å². The van der Waals surface area contributed by atoms with Crippen LogP contribution in [0.4, 0.5) is 0 Å². The SMILES string of the molecule is CCl.CN/N=C(\Cl)C(=O)OC.CN/N=C/C(=O)OC.CNN. The third-order valence-corrected chi connectivity index (χ3v) is 1.30. The van der Waals surface area contributed by atoms with Crippen LogP contribution in [0.15, 0.2) is 10.2 Å². The Morgan fingerprint density at radius 1 is 1.09 bits per heavy atom. The Hall–Kier alpha value is -1.62. The van der Waals surface area contributed by atoms with Gasteiger partial charge in [-0.15, -0.1) is 11.6 Å². The number of rotatable bonds is 4. The highest BCUT2D eigenvalue weighted by molar-refractivity contribution is 6.81. The minimum atomic E-state index is -0.647. The third-order valence-electron chi connectivity index (χ3n) is 1.06. The van der Waals surface area contributed by atoms with Crippen molar-refractivity contribution in [1.29, 1.82) is 0 Å². The number of nitrogens with two attached hydrogens (primary N) is 1. The van der Waals surface area contributed by atoms with Gasteiger partial charge in [0.15, 0.2) is 0 Å². The van der Waals surface area contributed by atoms with Gasteiger partial charge < -0.3 is 20.3 Å². The molecule has 5 N–H and O–H groups in total. The lowest BCUT2D eigenvalue weighted by Crippen LogP contribution is -2.13. The van der Waals surface area contributed by atoms with Gasteiger partial charge in [-0.3, -0.25) is 11.3 Å². The minimum Gasteiger partial charge on any atom is -0.465 e. The van der Waals surface area contributed by atoms with Crippen LogP contribution in [0.25, 0.3) is 0 Å². The van der Waals surface area contributed by atoms with Gasteiger partial charge >= 0.3 is 11.9 Å². The molecule has 0 saturated carbocycles. The molecule has 0 unspecified atom stereocenters. The summed E-state index contributed by atoms with van der Waals surface area (Å²) in [6.45, 7) is 0. The first-order chi connectivity index (χ1) is 10.4. The molecular formula is C10H24Cl2N6O4. The van der Waals surface area contributed by atoms with Crippen molar-refractivity contribution in [2.24, 2.45) is 16.0 Å². The second-order valence-corrected chi connectivity index (χ2v) is 2.77. The normalized spacial score (nSPS) is 8.86. The van der Waals surface area contributed by atoms with E-state index in [2.05, 4.69) is 53.4 Å². The van der Waals surface area contributed by atoms with E-state index in [0.717, 1.165) is 6.21 Å². The molecule has 0 aromatic rings. The average Bonchev–Trinajstić information content (AvgIpc) is 2.55. The highest BCUT2D eigenvalue weighted by atomic mass is 35.5. The van der Waals surface area contributed by atoms with Crippen LogP contribution in [-0.4, -0.2) is 65.1 Å². The topological polar surface area (TPSA) is 139 Å². The zero-order valence-electron chi connectivity index (χ0n) is 13.4. The molecule has 0 heterocycles. The summed E-state index contributed by atoms with van der Waals surface area (Å²) in [5.41, 5.74) is 6.99. The lowest BCUT2D eigenvalue weighted by Gasteiger charge is -1.92. The number of carbonyl (C=O) groups excluding carboxylic acids is 2. The molecule has 10 nitrogen and oxygen atoms in total. The Morgan fingerprint density at radius 2 is 1.55 bits per heavy atom. The van der Waals surface area contributed by atoms with Crippen LogP contribution in [0.2, 0.25) is 0 Å². The molecule has 0 aliphatic rings. The molecule has 0 saturated heterocycles. The van der Waals surface area contributed by atoms with E-state index < -0.39 is 11.9 Å². The number of hydrogen-bond acceptors (Lipinski definition) is 10. The number of halogens is 2. The average molecular weight is 363 g/mol. The molecule has 0 rings (SSSR count). The fraction of sp³-hybridized carbons (Fsp3) is 0.600. The molecule has 0 amide bonds. The predicted molar refractivity (Wildman–Crippen MR) is 89.0 cm³/mol. The molecule has 0 spiro atoms. The van der Waals surface area contributed by atoms with Crippen molar-refractivity contribution < 1.29 is 19.1 Å². The molecule has 0 aromatic carbocycles. The second-order valence-electron chi connectivity index (χ2n) is 2.41. The fourth-order valence-electron chi connectivity index (χ4n) is 0.398. The maximum atomic E-state index is 10.4. The molecule has 0 aromatic heterocycles. The summed E-state index contributed by atoms with van der Waals surface area (Å²) < 4.78 is 8.45. The van der Waals surface area contributed by atoms with Crippen molar-refractivity contribution in [2.45, 2.75) is 0 Å². The standard InChI is InChI=1S/C4H7ClN2O2.C4H8N2O2.CH3Cl.CH6N2/c1-6-7-3(5)4(8)9-2;1-5-6-3-4(7)8-2;1-2;1-3-2/h6H,1-2H3;3,5H,1-2H3;1H3;3H,2H2,1H3/b7-3-;6-3+;;. The number of methoxy groups -OCH3 is 2. The summed E-state index contributed by atoms with van der Waals surface area (Å²) in [7, 11) is 7.31. The van der Waals surface area contributed by atoms with Crippen LogP contribution in [0.5, 0.6) is 0 Å². The first-order valence-electron chi connectivity index (χ1n) is 5.46. The fourth-order valence-corrected chi connectivity index (χ4v) is 0.560. The quantitative estimate of drug-likeness (QED) is 0.168. The number of nitrogens with zero attached hydrogens (tertiary/aromatic N) is 2. The van der Waals surface area contributed by atoms with Crippen LogP contribution in [0, 0.1) is 0 Å². The summed E-state index contributed by atoms with van der Waals surface area (Å²) in [6, 6.07) is 0. The molecule has 0 aliphatic heterocycles. The Kier molecular flexibility index (Phi) is 35.9. The van der Waals surface area contributed by atoms with Crippen molar-refractivity contribution in [3.63, 3.8) is 0 Å². The van der Waals surface area contributed by atoms with Crippen molar-refractivity contribution in [1.82, 2.24) is 16.3 Å². The molecule has 22 heavy (non-hydrogen) atoms. The zero-order valence-corrected chi connectivity index (χ0v) is 14.9. The zero-order chi connectivity index (χ0) is 18.4. The highest BCUT2D eigenvalue weighted by Crippen LogP contribution is 1.86. The van der Waals surface area contributed by atoms with Crippen molar-refractivity contribution in [3.05, 3.63) is 0 Å². The lowest BCUT2D eigenvalue weighted by molar-refractivity contribution is -0.133. The number of esters is 2. The van der Waals surface area contributed by atoms with E-state index in [1.807, 2.05) is 0 Å². The summed E-state index contributed by atoms with van der Waals surface area (Å²) in [5.74, 6) is 3.49. The molecule has 0 fully saturated rings. The first kappa shape index (κ1) is 28.5. The molecule has 0 radical (unpaired) electrons. The lowest BCUT2D eigenvalue weighted by atomic mass is 10.7. The number of nitrogens with one attached hydrogen (secondary N) is 3. The Balaban J connectivity index is -0.000000114. The smallest absolute Gasteiger partial charge is 0.370 e. The van der Waals surface area contributed by atoms with Gasteiger partial charge in [0.25, 0.3) is 0 Å². The van der Waals surface area contributed by atoms with E-state index in [1.54, 1.807) is 14.1 Å². The number of alkyl halides is 1. The second kappa shape index (κ2) is 27.7. The van der Waals surface area contributed by atoms with Crippen LogP contribution in [0.1, 0.15) is 0 Å². The molecule has 12 heteroatoms. The number of carbonyl (C=O) groups is 2. The van der Waals surface area contributed by atoms with E-state index >= 15 is 0 Å². The van der Waals surface area contributed by atoms with Crippen molar-refractivity contribution in [3.8, 4) is 0 Å². The van der Waals surface area contributed by atoms with Gasteiger partial charge in [0.2, 0.25) is 5.17 Å². The third kappa shape index (κ3) is 31.0. The summed E-state index contributed by atoms with van der Waals surface area (Å²) in [5, 5.41) is 6.54. The Bertz CT molecular complexity index is 316. The Labute approximate surface area is 140 Å². The van der Waals surface area contributed by atoms with E-state index in [0.29, 0.717) is 0 Å². The Morgan fingerprint density at radius 3 is 1.82 bits per heavy atom. The number of hydrogen-bond donors (Lipinski definition) is 4. The van der Waals surface area contributed by atoms with Gasteiger partial charge in [0, 0.05) is 20.5 Å². The number of hydrazine groups is 1. The summed E-state index contributed by atoms with van der Waals surface area (Å²) in [6.07, 6.45) is 2.53. The maximum Gasteiger partial charge on any atom is 0.370 e.